The van der Waals surface area contributed by atoms with Gasteiger partial charge in [-0.15, -0.1) is 0 Å². The van der Waals surface area contributed by atoms with Gasteiger partial charge in [-0.05, 0) is 42.5 Å². The van der Waals surface area contributed by atoms with E-state index in [1.54, 1.807) is 6.07 Å². The van der Waals surface area contributed by atoms with Crippen molar-refractivity contribution in [1.29, 1.82) is 0 Å². The number of carbonyl (C=O) groups is 2. The number of amides is 2. The maximum atomic E-state index is 12.7. The molecule has 3 N–H and O–H groups in total. The van der Waals surface area contributed by atoms with E-state index in [1.807, 2.05) is 79.0 Å². The number of hydrogen-bond acceptors (Lipinski definition) is 2. The van der Waals surface area contributed by atoms with E-state index in [9.17, 15) is 9.59 Å². The number of H-pyrrole nitrogens is 1. The zero-order valence-corrected chi connectivity index (χ0v) is 15.4. The van der Waals surface area contributed by atoms with Crippen LogP contribution in [-0.4, -0.2) is 16.8 Å². The van der Waals surface area contributed by atoms with E-state index in [0.29, 0.717) is 11.1 Å². The van der Waals surface area contributed by atoms with E-state index in [-0.39, 0.29) is 11.8 Å². The van der Waals surface area contributed by atoms with Crippen molar-refractivity contribution in [3.8, 4) is 0 Å². The predicted molar refractivity (Wildman–Crippen MR) is 116 cm³/mol. The third-order valence-corrected chi connectivity index (χ3v) is 5.02. The van der Waals surface area contributed by atoms with Gasteiger partial charge in [0.05, 0.1) is 0 Å². The molecule has 0 unspecified atom stereocenters. The number of nitrogens with one attached hydrogen (secondary N) is 3. The van der Waals surface area contributed by atoms with Crippen LogP contribution in [0, 0.1) is 0 Å². The molecule has 5 nitrogen and oxygen atoms in total. The first kappa shape index (κ1) is 17.0. The first-order valence-electron chi connectivity index (χ1n) is 9.29. The first-order valence-corrected chi connectivity index (χ1v) is 9.29. The number of carbonyl (C=O) groups excluding carboxylic acids is 2. The van der Waals surface area contributed by atoms with Gasteiger partial charge in [0.1, 0.15) is 0 Å². The third kappa shape index (κ3) is 3.08. The number of rotatable bonds is 3. The van der Waals surface area contributed by atoms with Gasteiger partial charge in [-0.25, -0.2) is 0 Å². The summed E-state index contributed by atoms with van der Waals surface area (Å²) in [7, 11) is 0. The zero-order chi connectivity index (χ0) is 19.8. The van der Waals surface area contributed by atoms with Gasteiger partial charge in [-0.3, -0.25) is 9.59 Å². The molecule has 5 heteroatoms. The number of hydrogen-bond donors (Lipinski definition) is 3. The van der Waals surface area contributed by atoms with Crippen molar-refractivity contribution in [2.24, 2.45) is 0 Å². The summed E-state index contributed by atoms with van der Waals surface area (Å²) in [6.07, 6.45) is 3.71. The molecule has 0 radical (unpaired) electrons. The molecule has 0 saturated carbocycles. The molecular formula is C24H17N3O2. The highest BCUT2D eigenvalue weighted by Gasteiger charge is 2.23. The molecule has 0 saturated heterocycles. The number of benzene rings is 3. The average Bonchev–Trinajstić information content (AvgIpc) is 3.29. The zero-order valence-electron chi connectivity index (χ0n) is 15.4. The summed E-state index contributed by atoms with van der Waals surface area (Å²) in [6, 6.07) is 22.5. The normalized spacial score (nSPS) is 14.1. The molecule has 1 aliphatic heterocycles. The molecule has 1 aliphatic rings. The summed E-state index contributed by atoms with van der Waals surface area (Å²) in [5.41, 5.74) is 5.36. The molecule has 0 bridgehead atoms. The van der Waals surface area contributed by atoms with Gasteiger partial charge in [0.15, 0.2) is 0 Å². The first-order chi connectivity index (χ1) is 14.2. The van der Waals surface area contributed by atoms with Crippen molar-refractivity contribution in [1.82, 2.24) is 4.98 Å². The van der Waals surface area contributed by atoms with Gasteiger partial charge in [-0.2, -0.15) is 0 Å². The molecule has 4 aromatic rings. The summed E-state index contributed by atoms with van der Waals surface area (Å²) in [5.74, 6) is -0.305. The molecule has 140 valence electrons. The third-order valence-electron chi connectivity index (χ3n) is 5.02. The quantitative estimate of drug-likeness (QED) is 0.442. The van der Waals surface area contributed by atoms with E-state index in [1.165, 1.54) is 0 Å². The van der Waals surface area contributed by atoms with Gasteiger partial charge in [0.25, 0.3) is 11.8 Å². The number of fused-ring (bicyclic) bond motifs is 2. The van der Waals surface area contributed by atoms with Crippen molar-refractivity contribution >= 4 is 45.7 Å². The fourth-order valence-electron chi connectivity index (χ4n) is 3.57. The fraction of sp³-hybridized carbons (Fsp3) is 0. The number of anilines is 2. The Kier molecular flexibility index (Phi) is 3.99. The molecular weight excluding hydrogens is 362 g/mol. The van der Waals surface area contributed by atoms with Gasteiger partial charge >= 0.3 is 0 Å². The van der Waals surface area contributed by atoms with E-state index < -0.39 is 0 Å². The maximum Gasteiger partial charge on any atom is 0.256 e. The van der Waals surface area contributed by atoms with Crippen LogP contribution in [0.15, 0.2) is 79.0 Å². The largest absolute Gasteiger partial charge is 0.361 e. The van der Waals surface area contributed by atoms with Crippen LogP contribution in [-0.2, 0) is 4.79 Å². The van der Waals surface area contributed by atoms with E-state index in [4.69, 9.17) is 0 Å². The highest BCUT2D eigenvalue weighted by atomic mass is 16.2. The van der Waals surface area contributed by atoms with Crippen molar-refractivity contribution in [3.05, 3.63) is 95.7 Å². The summed E-state index contributed by atoms with van der Waals surface area (Å²) in [5, 5.41) is 6.67. The SMILES string of the molecule is O=C1Nc2ccccc2/C1=C\c1c[nH]c2ccc(C(=O)Nc3ccccc3)cc12. The summed E-state index contributed by atoms with van der Waals surface area (Å²) in [4.78, 5) is 28.3. The lowest BCUT2D eigenvalue weighted by atomic mass is 10.0. The Hall–Kier alpha value is -4.12. The fourth-order valence-corrected chi connectivity index (χ4v) is 3.57. The standard InChI is InChI=1S/C24H17N3O2/c28-23(26-17-6-2-1-3-7-17)15-10-11-21-19(12-15)16(14-25-21)13-20-18-8-4-5-9-22(18)27-24(20)29/h1-14,25H,(H,26,28)(H,27,29)/b20-13+. The monoisotopic (exact) mass is 379 g/mol. The summed E-state index contributed by atoms with van der Waals surface area (Å²) in [6.45, 7) is 0. The molecule has 0 spiro atoms. The minimum absolute atomic E-state index is 0.126. The lowest BCUT2D eigenvalue weighted by Crippen LogP contribution is -2.11. The van der Waals surface area contributed by atoms with Crippen LogP contribution in [0.3, 0.4) is 0 Å². The Balaban J connectivity index is 1.52. The lowest BCUT2D eigenvalue weighted by Gasteiger charge is -2.05. The van der Waals surface area contributed by atoms with Crippen LogP contribution < -0.4 is 10.6 Å². The molecule has 0 fully saturated rings. The van der Waals surface area contributed by atoms with Crippen molar-refractivity contribution in [2.75, 3.05) is 10.6 Å². The number of para-hydroxylation sites is 2. The molecule has 2 amide bonds. The smallest absolute Gasteiger partial charge is 0.256 e. The van der Waals surface area contributed by atoms with Gasteiger partial charge in [0, 0.05) is 50.7 Å². The predicted octanol–water partition coefficient (Wildman–Crippen LogP) is 4.91. The second kappa shape index (κ2) is 6.80. The van der Waals surface area contributed by atoms with Crippen molar-refractivity contribution in [3.63, 3.8) is 0 Å². The molecule has 2 heterocycles. The van der Waals surface area contributed by atoms with Crippen LogP contribution in [0.4, 0.5) is 11.4 Å². The minimum Gasteiger partial charge on any atom is -0.361 e. The van der Waals surface area contributed by atoms with E-state index in [0.717, 1.165) is 33.4 Å². The van der Waals surface area contributed by atoms with E-state index >= 15 is 0 Å². The second-order valence-corrected chi connectivity index (χ2v) is 6.88. The number of aromatic amines is 1. The Morgan fingerprint density at radius 1 is 0.931 bits per heavy atom. The second-order valence-electron chi connectivity index (χ2n) is 6.88. The summed E-state index contributed by atoms with van der Waals surface area (Å²) >= 11 is 0. The Bertz CT molecular complexity index is 1290. The highest BCUT2D eigenvalue weighted by Crippen LogP contribution is 2.34. The van der Waals surface area contributed by atoms with Crippen molar-refractivity contribution in [2.45, 2.75) is 0 Å². The topological polar surface area (TPSA) is 74.0 Å². The van der Waals surface area contributed by atoms with Gasteiger partial charge < -0.3 is 15.6 Å². The molecule has 0 aliphatic carbocycles. The average molecular weight is 379 g/mol. The Morgan fingerprint density at radius 2 is 1.72 bits per heavy atom. The Labute approximate surface area is 167 Å². The molecule has 3 aromatic carbocycles. The van der Waals surface area contributed by atoms with Crippen LogP contribution >= 0.6 is 0 Å². The van der Waals surface area contributed by atoms with Crippen LogP contribution in [0.25, 0.3) is 22.6 Å². The summed E-state index contributed by atoms with van der Waals surface area (Å²) < 4.78 is 0. The van der Waals surface area contributed by atoms with Crippen molar-refractivity contribution < 1.29 is 9.59 Å². The molecule has 5 rings (SSSR count). The van der Waals surface area contributed by atoms with E-state index in [2.05, 4.69) is 15.6 Å². The lowest BCUT2D eigenvalue weighted by molar-refractivity contribution is -0.110. The van der Waals surface area contributed by atoms with Gasteiger partial charge in [-0.1, -0.05) is 36.4 Å². The van der Waals surface area contributed by atoms with Gasteiger partial charge in [0.2, 0.25) is 0 Å². The van der Waals surface area contributed by atoms with Crippen LogP contribution in [0.1, 0.15) is 21.5 Å². The Morgan fingerprint density at radius 3 is 2.59 bits per heavy atom. The van der Waals surface area contributed by atoms with Crippen LogP contribution in [0.2, 0.25) is 0 Å². The molecule has 1 aromatic heterocycles. The highest BCUT2D eigenvalue weighted by molar-refractivity contribution is 6.35. The number of aromatic nitrogens is 1. The molecule has 0 atom stereocenters. The minimum atomic E-state index is -0.179. The molecule has 29 heavy (non-hydrogen) atoms. The van der Waals surface area contributed by atoms with Crippen LogP contribution in [0.5, 0.6) is 0 Å². The maximum absolute atomic E-state index is 12.7.